The van der Waals surface area contributed by atoms with E-state index in [-0.39, 0.29) is 30.1 Å². The van der Waals surface area contributed by atoms with Crippen molar-refractivity contribution in [3.63, 3.8) is 0 Å². The Bertz CT molecular complexity index is 1280. The number of likely N-dealkylation sites (tertiary alicyclic amines) is 1. The van der Waals surface area contributed by atoms with Crippen molar-refractivity contribution in [1.29, 1.82) is 0 Å². The zero-order valence-corrected chi connectivity index (χ0v) is 22.1. The highest BCUT2D eigenvalue weighted by atomic mass is 19.1. The first-order chi connectivity index (χ1) is 18.1. The number of halogens is 1. The van der Waals surface area contributed by atoms with Gasteiger partial charge in [-0.15, -0.1) is 0 Å². The summed E-state index contributed by atoms with van der Waals surface area (Å²) in [7, 11) is 0. The lowest BCUT2D eigenvalue weighted by atomic mass is 9.94. The molecule has 3 N–H and O–H groups in total. The zero-order chi connectivity index (χ0) is 27.4. The van der Waals surface area contributed by atoms with E-state index in [9.17, 15) is 24.5 Å². The van der Waals surface area contributed by atoms with Crippen molar-refractivity contribution in [1.82, 2.24) is 4.90 Å². The first kappa shape index (κ1) is 27.9. The van der Waals surface area contributed by atoms with Crippen molar-refractivity contribution >= 4 is 5.97 Å². The molecule has 0 radical (unpaired) electrons. The van der Waals surface area contributed by atoms with Gasteiger partial charge in [0.05, 0.1) is 30.5 Å². The van der Waals surface area contributed by atoms with E-state index in [0.29, 0.717) is 37.1 Å². The molecule has 0 unspecified atom stereocenters. The molecular weight excluding hydrogens is 485 g/mol. The minimum absolute atomic E-state index is 0.116. The number of rotatable bonds is 10. The number of ether oxygens (including phenoxy) is 1. The fraction of sp³-hybridized carbons (Fsp3) is 0.387. The highest BCUT2D eigenvalue weighted by Crippen LogP contribution is 2.31. The van der Waals surface area contributed by atoms with E-state index in [1.807, 2.05) is 43.3 Å². The summed E-state index contributed by atoms with van der Waals surface area (Å²) in [5, 5.41) is 30.7. The average Bonchev–Trinajstić information content (AvgIpc) is 3.22. The number of hydrogen-bond acceptors (Lipinski definition) is 5. The van der Waals surface area contributed by atoms with Gasteiger partial charge in [0.2, 0.25) is 0 Å². The molecular formula is C31H36FNO5. The van der Waals surface area contributed by atoms with E-state index in [2.05, 4.69) is 4.90 Å². The summed E-state index contributed by atoms with van der Waals surface area (Å²) in [6.45, 7) is 6.55. The predicted molar refractivity (Wildman–Crippen MR) is 145 cm³/mol. The van der Waals surface area contributed by atoms with Gasteiger partial charge in [0.25, 0.3) is 0 Å². The molecule has 0 spiro atoms. The SMILES string of the molecule is Cc1ccc(C[C@@H]2[C@@H](O)CCN2C[C@@H](O)CO[C@H](C)c2ccccc2-c2ccc(C(=O)O)c(C)c2)cc1F. The Labute approximate surface area is 223 Å². The standard InChI is InChI=1S/C31H36FNO5/c1-19-8-9-22(15-28(19)32)16-29-30(35)12-13-33(29)17-24(34)18-38-21(3)26-6-4-5-7-27(26)23-10-11-25(31(36)37)20(2)14-23/h4-11,14-15,21,24,29-30,34-35H,12-13,16-18H2,1-3H3,(H,36,37)/t21-,24-,29-,30+/m1/s1. The van der Waals surface area contributed by atoms with E-state index in [0.717, 1.165) is 22.3 Å². The van der Waals surface area contributed by atoms with Crippen LogP contribution < -0.4 is 0 Å². The van der Waals surface area contributed by atoms with Gasteiger partial charge < -0.3 is 20.1 Å². The Kier molecular flexibility index (Phi) is 8.95. The molecule has 0 bridgehead atoms. The summed E-state index contributed by atoms with van der Waals surface area (Å²) in [6, 6.07) is 18.1. The van der Waals surface area contributed by atoms with Crippen molar-refractivity contribution in [3.05, 3.63) is 94.3 Å². The topological polar surface area (TPSA) is 90.2 Å². The van der Waals surface area contributed by atoms with Gasteiger partial charge in [-0.25, -0.2) is 9.18 Å². The van der Waals surface area contributed by atoms with Crippen LogP contribution in [0, 0.1) is 19.7 Å². The molecule has 3 aromatic rings. The molecule has 38 heavy (non-hydrogen) atoms. The third-order valence-electron chi connectivity index (χ3n) is 7.46. The first-order valence-corrected chi connectivity index (χ1v) is 13.0. The number of nitrogens with zero attached hydrogens (tertiary/aromatic N) is 1. The molecule has 4 rings (SSSR count). The highest BCUT2D eigenvalue weighted by Gasteiger charge is 2.34. The number of aliphatic hydroxyl groups is 2. The van der Waals surface area contributed by atoms with E-state index in [1.54, 1.807) is 32.0 Å². The van der Waals surface area contributed by atoms with Crippen LogP contribution in [0.3, 0.4) is 0 Å². The summed E-state index contributed by atoms with van der Waals surface area (Å²) in [5.41, 5.74) is 5.17. The molecule has 7 heteroatoms. The molecule has 0 aromatic heterocycles. The highest BCUT2D eigenvalue weighted by molar-refractivity contribution is 5.90. The molecule has 1 aliphatic rings. The lowest BCUT2D eigenvalue weighted by Crippen LogP contribution is -2.42. The molecule has 3 aromatic carbocycles. The maximum atomic E-state index is 14.0. The lowest BCUT2D eigenvalue weighted by molar-refractivity contribution is -0.0200. The maximum Gasteiger partial charge on any atom is 0.335 e. The monoisotopic (exact) mass is 521 g/mol. The number of benzene rings is 3. The summed E-state index contributed by atoms with van der Waals surface area (Å²) >= 11 is 0. The van der Waals surface area contributed by atoms with Gasteiger partial charge >= 0.3 is 5.97 Å². The third-order valence-corrected chi connectivity index (χ3v) is 7.46. The van der Waals surface area contributed by atoms with Crippen LogP contribution in [0.25, 0.3) is 11.1 Å². The van der Waals surface area contributed by atoms with Crippen LogP contribution in [-0.4, -0.2) is 64.1 Å². The minimum Gasteiger partial charge on any atom is -0.478 e. The van der Waals surface area contributed by atoms with E-state index >= 15 is 0 Å². The number of aryl methyl sites for hydroxylation is 2. The van der Waals surface area contributed by atoms with Crippen LogP contribution in [0.4, 0.5) is 4.39 Å². The summed E-state index contributed by atoms with van der Waals surface area (Å²) in [5.74, 6) is -1.20. The smallest absolute Gasteiger partial charge is 0.335 e. The zero-order valence-electron chi connectivity index (χ0n) is 22.1. The summed E-state index contributed by atoms with van der Waals surface area (Å²) < 4.78 is 20.1. The molecule has 1 aliphatic heterocycles. The van der Waals surface area contributed by atoms with Crippen LogP contribution in [0.1, 0.15) is 52.1 Å². The van der Waals surface area contributed by atoms with Crippen LogP contribution in [-0.2, 0) is 11.2 Å². The van der Waals surface area contributed by atoms with E-state index < -0.39 is 18.2 Å². The number of carboxylic acids is 1. The van der Waals surface area contributed by atoms with Gasteiger partial charge in [0.15, 0.2) is 0 Å². The molecule has 202 valence electrons. The molecule has 4 atom stereocenters. The average molecular weight is 522 g/mol. The van der Waals surface area contributed by atoms with Gasteiger partial charge in [0, 0.05) is 19.1 Å². The maximum absolute atomic E-state index is 14.0. The Balaban J connectivity index is 1.39. The van der Waals surface area contributed by atoms with Crippen molar-refractivity contribution in [2.45, 2.75) is 58.0 Å². The Morgan fingerprint density at radius 3 is 2.58 bits per heavy atom. The molecule has 0 amide bonds. The van der Waals surface area contributed by atoms with Crippen LogP contribution in [0.15, 0.2) is 60.7 Å². The number of aromatic carboxylic acids is 1. The second kappa shape index (κ2) is 12.2. The first-order valence-electron chi connectivity index (χ1n) is 13.0. The summed E-state index contributed by atoms with van der Waals surface area (Å²) in [6.07, 6.45) is -0.485. The van der Waals surface area contributed by atoms with Gasteiger partial charge in [-0.3, -0.25) is 4.90 Å². The predicted octanol–water partition coefficient (Wildman–Crippen LogP) is 4.92. The second-order valence-corrected chi connectivity index (χ2v) is 10.3. The fourth-order valence-corrected chi connectivity index (χ4v) is 5.25. The van der Waals surface area contributed by atoms with E-state index in [4.69, 9.17) is 4.74 Å². The van der Waals surface area contributed by atoms with Crippen LogP contribution in [0.5, 0.6) is 0 Å². The minimum atomic E-state index is -0.952. The molecule has 1 fully saturated rings. The van der Waals surface area contributed by atoms with Crippen molar-refractivity contribution < 1.29 is 29.2 Å². The van der Waals surface area contributed by atoms with Gasteiger partial charge in [-0.2, -0.15) is 0 Å². The Hall–Kier alpha value is -3.10. The number of β-amino-alcohol motifs (C(OH)–C–C–N with tert-alkyl or cyclic N) is 1. The number of aliphatic hydroxyl groups excluding tert-OH is 2. The lowest BCUT2D eigenvalue weighted by Gasteiger charge is -2.29. The molecule has 1 heterocycles. The normalized spacial score (nSPS) is 19.4. The van der Waals surface area contributed by atoms with Crippen molar-refractivity contribution in [2.24, 2.45) is 0 Å². The molecule has 0 aliphatic carbocycles. The van der Waals surface area contributed by atoms with Crippen LogP contribution in [0.2, 0.25) is 0 Å². The number of carbonyl (C=O) groups is 1. The molecule has 6 nitrogen and oxygen atoms in total. The summed E-state index contributed by atoms with van der Waals surface area (Å²) in [4.78, 5) is 13.5. The van der Waals surface area contributed by atoms with Crippen molar-refractivity contribution in [3.8, 4) is 11.1 Å². The van der Waals surface area contributed by atoms with Gasteiger partial charge in [-0.05, 0) is 79.1 Å². The van der Waals surface area contributed by atoms with Gasteiger partial charge in [0.1, 0.15) is 5.82 Å². The number of hydrogen-bond donors (Lipinski definition) is 3. The molecule has 0 saturated carbocycles. The Morgan fingerprint density at radius 2 is 1.87 bits per heavy atom. The Morgan fingerprint density at radius 1 is 1.11 bits per heavy atom. The number of carboxylic acid groups (broad SMARTS) is 1. The molecule has 1 saturated heterocycles. The van der Waals surface area contributed by atoms with E-state index in [1.165, 1.54) is 6.07 Å². The van der Waals surface area contributed by atoms with Crippen LogP contribution >= 0.6 is 0 Å². The second-order valence-electron chi connectivity index (χ2n) is 10.3. The van der Waals surface area contributed by atoms with Crippen molar-refractivity contribution in [2.75, 3.05) is 19.7 Å². The quantitative estimate of drug-likeness (QED) is 0.351. The third kappa shape index (κ3) is 6.48. The fourth-order valence-electron chi connectivity index (χ4n) is 5.25. The largest absolute Gasteiger partial charge is 0.478 e. The van der Waals surface area contributed by atoms with Gasteiger partial charge in [-0.1, -0.05) is 48.5 Å².